The molecule has 1 aromatic rings. The standard InChI is InChI=1S/C14H18FNO2/c15-13-4-2-1-3-12(13)14(17)7-10-18-11-5-8-16-9-6-11/h1-4,11,16H,5-10H2. The number of hydrogen-bond donors (Lipinski definition) is 1. The zero-order valence-electron chi connectivity index (χ0n) is 10.3. The summed E-state index contributed by atoms with van der Waals surface area (Å²) in [6.07, 6.45) is 2.44. The molecule has 1 fully saturated rings. The number of hydrogen-bond acceptors (Lipinski definition) is 3. The molecule has 4 heteroatoms. The molecule has 98 valence electrons. The van der Waals surface area contributed by atoms with Crippen LogP contribution in [0.5, 0.6) is 0 Å². The molecule has 0 saturated carbocycles. The molecule has 0 aromatic heterocycles. The second-order valence-electron chi connectivity index (χ2n) is 4.47. The van der Waals surface area contributed by atoms with Gasteiger partial charge in [0.1, 0.15) is 5.82 Å². The van der Waals surface area contributed by atoms with Gasteiger partial charge in [0.25, 0.3) is 0 Å². The van der Waals surface area contributed by atoms with Crippen LogP contribution in [-0.4, -0.2) is 31.6 Å². The van der Waals surface area contributed by atoms with E-state index in [4.69, 9.17) is 4.74 Å². The van der Waals surface area contributed by atoms with Gasteiger partial charge in [-0.1, -0.05) is 12.1 Å². The van der Waals surface area contributed by atoms with E-state index in [2.05, 4.69) is 5.32 Å². The molecule has 3 nitrogen and oxygen atoms in total. The maximum atomic E-state index is 13.4. The number of benzene rings is 1. The first-order valence-electron chi connectivity index (χ1n) is 6.37. The van der Waals surface area contributed by atoms with Crippen molar-refractivity contribution in [3.8, 4) is 0 Å². The third-order valence-corrected chi connectivity index (χ3v) is 3.14. The largest absolute Gasteiger partial charge is 0.378 e. The van der Waals surface area contributed by atoms with Crippen LogP contribution in [0.15, 0.2) is 24.3 Å². The maximum Gasteiger partial charge on any atom is 0.168 e. The van der Waals surface area contributed by atoms with Crippen molar-refractivity contribution in [3.63, 3.8) is 0 Å². The number of Topliss-reactive ketones (excluding diaryl/α,β-unsaturated/α-hetero) is 1. The summed E-state index contributed by atoms with van der Waals surface area (Å²) >= 11 is 0. The van der Waals surface area contributed by atoms with Crippen LogP contribution in [0.4, 0.5) is 4.39 Å². The van der Waals surface area contributed by atoms with Crippen molar-refractivity contribution in [2.24, 2.45) is 0 Å². The first kappa shape index (κ1) is 13.2. The summed E-state index contributed by atoms with van der Waals surface area (Å²) in [6, 6.07) is 6.07. The molecule has 18 heavy (non-hydrogen) atoms. The predicted molar refractivity (Wildman–Crippen MR) is 67.2 cm³/mol. The van der Waals surface area contributed by atoms with Gasteiger partial charge in [-0.05, 0) is 38.1 Å². The quantitative estimate of drug-likeness (QED) is 0.815. The van der Waals surface area contributed by atoms with Gasteiger partial charge in [-0.2, -0.15) is 0 Å². The average molecular weight is 251 g/mol. The number of carbonyl (C=O) groups excluding carboxylic acids is 1. The lowest BCUT2D eigenvalue weighted by molar-refractivity contribution is 0.0313. The molecule has 0 amide bonds. The van der Waals surface area contributed by atoms with E-state index >= 15 is 0 Å². The highest BCUT2D eigenvalue weighted by Crippen LogP contribution is 2.11. The number of piperidine rings is 1. The van der Waals surface area contributed by atoms with Crippen LogP contribution in [0.2, 0.25) is 0 Å². The normalized spacial score (nSPS) is 16.7. The zero-order chi connectivity index (χ0) is 12.8. The Bertz CT molecular complexity index is 403. The highest BCUT2D eigenvalue weighted by atomic mass is 19.1. The summed E-state index contributed by atoms with van der Waals surface area (Å²) in [5, 5.41) is 3.25. The van der Waals surface area contributed by atoms with Gasteiger partial charge in [0, 0.05) is 6.42 Å². The molecule has 1 heterocycles. The smallest absolute Gasteiger partial charge is 0.168 e. The topological polar surface area (TPSA) is 38.3 Å². The number of carbonyl (C=O) groups is 1. The molecule has 1 saturated heterocycles. The first-order valence-corrected chi connectivity index (χ1v) is 6.37. The molecule has 1 aromatic carbocycles. The van der Waals surface area contributed by atoms with E-state index in [1.807, 2.05) is 0 Å². The van der Waals surface area contributed by atoms with E-state index < -0.39 is 5.82 Å². The fourth-order valence-corrected chi connectivity index (χ4v) is 2.10. The highest BCUT2D eigenvalue weighted by molar-refractivity contribution is 5.96. The molecule has 2 rings (SSSR count). The number of ether oxygens (including phenoxy) is 1. The Labute approximate surface area is 106 Å². The monoisotopic (exact) mass is 251 g/mol. The van der Waals surface area contributed by atoms with Gasteiger partial charge in [0.05, 0.1) is 18.3 Å². The van der Waals surface area contributed by atoms with Crippen molar-refractivity contribution < 1.29 is 13.9 Å². The van der Waals surface area contributed by atoms with Gasteiger partial charge in [0.2, 0.25) is 0 Å². The second-order valence-corrected chi connectivity index (χ2v) is 4.47. The van der Waals surface area contributed by atoms with Crippen molar-refractivity contribution >= 4 is 5.78 Å². The van der Waals surface area contributed by atoms with Crippen molar-refractivity contribution in [2.75, 3.05) is 19.7 Å². The van der Waals surface area contributed by atoms with Gasteiger partial charge < -0.3 is 10.1 Å². The summed E-state index contributed by atoms with van der Waals surface area (Å²) in [5.74, 6) is -0.647. The molecular weight excluding hydrogens is 233 g/mol. The van der Waals surface area contributed by atoms with Crippen LogP contribution in [0.1, 0.15) is 29.6 Å². The summed E-state index contributed by atoms with van der Waals surface area (Å²) in [7, 11) is 0. The fraction of sp³-hybridized carbons (Fsp3) is 0.500. The molecule has 0 spiro atoms. The molecule has 0 unspecified atom stereocenters. The molecule has 0 bridgehead atoms. The fourth-order valence-electron chi connectivity index (χ4n) is 2.10. The highest BCUT2D eigenvalue weighted by Gasteiger charge is 2.15. The Kier molecular flexibility index (Phi) is 4.84. The Hall–Kier alpha value is -1.26. The lowest BCUT2D eigenvalue weighted by Crippen LogP contribution is -2.32. The summed E-state index contributed by atoms with van der Waals surface area (Å²) in [4.78, 5) is 11.8. The maximum absolute atomic E-state index is 13.4. The van der Waals surface area contributed by atoms with E-state index in [0.717, 1.165) is 25.9 Å². The minimum Gasteiger partial charge on any atom is -0.378 e. The molecular formula is C14H18FNO2. The van der Waals surface area contributed by atoms with E-state index in [0.29, 0.717) is 6.61 Å². The molecule has 0 aliphatic carbocycles. The van der Waals surface area contributed by atoms with Gasteiger partial charge in [0.15, 0.2) is 5.78 Å². The summed E-state index contributed by atoms with van der Waals surface area (Å²) in [5.41, 5.74) is 0.159. The van der Waals surface area contributed by atoms with Crippen LogP contribution in [0.25, 0.3) is 0 Å². The number of halogens is 1. The third kappa shape index (κ3) is 3.62. The zero-order valence-corrected chi connectivity index (χ0v) is 10.3. The Morgan fingerprint density at radius 1 is 1.33 bits per heavy atom. The van der Waals surface area contributed by atoms with Gasteiger partial charge in [-0.25, -0.2) is 4.39 Å². The third-order valence-electron chi connectivity index (χ3n) is 3.14. The molecule has 1 aliphatic heterocycles. The van der Waals surface area contributed by atoms with Crippen molar-refractivity contribution in [2.45, 2.75) is 25.4 Å². The van der Waals surface area contributed by atoms with E-state index in [1.165, 1.54) is 12.1 Å². The van der Waals surface area contributed by atoms with Crippen LogP contribution < -0.4 is 5.32 Å². The van der Waals surface area contributed by atoms with Gasteiger partial charge >= 0.3 is 0 Å². The molecule has 1 N–H and O–H groups in total. The predicted octanol–water partition coefficient (Wildman–Crippen LogP) is 2.17. The first-order chi connectivity index (χ1) is 8.77. The lowest BCUT2D eigenvalue weighted by atomic mass is 10.1. The Morgan fingerprint density at radius 2 is 2.06 bits per heavy atom. The van der Waals surface area contributed by atoms with E-state index in [9.17, 15) is 9.18 Å². The van der Waals surface area contributed by atoms with Crippen LogP contribution >= 0.6 is 0 Å². The van der Waals surface area contributed by atoms with E-state index in [-0.39, 0.29) is 23.9 Å². The van der Waals surface area contributed by atoms with Gasteiger partial charge in [-0.15, -0.1) is 0 Å². The average Bonchev–Trinajstić information content (AvgIpc) is 2.40. The van der Waals surface area contributed by atoms with Gasteiger partial charge in [-0.3, -0.25) is 4.79 Å². The van der Waals surface area contributed by atoms with Crippen LogP contribution in [-0.2, 0) is 4.74 Å². The van der Waals surface area contributed by atoms with Crippen LogP contribution in [0.3, 0.4) is 0 Å². The Morgan fingerprint density at radius 3 is 2.78 bits per heavy atom. The number of nitrogens with one attached hydrogen (secondary N) is 1. The number of rotatable bonds is 5. The molecule has 0 atom stereocenters. The minimum absolute atomic E-state index is 0.159. The lowest BCUT2D eigenvalue weighted by Gasteiger charge is -2.22. The van der Waals surface area contributed by atoms with Crippen molar-refractivity contribution in [3.05, 3.63) is 35.6 Å². The van der Waals surface area contributed by atoms with E-state index in [1.54, 1.807) is 12.1 Å². The second kappa shape index (κ2) is 6.61. The number of ketones is 1. The van der Waals surface area contributed by atoms with Crippen molar-refractivity contribution in [1.82, 2.24) is 5.32 Å². The van der Waals surface area contributed by atoms with Crippen LogP contribution in [0, 0.1) is 5.82 Å². The minimum atomic E-state index is -0.454. The molecule has 1 aliphatic rings. The van der Waals surface area contributed by atoms with Crippen molar-refractivity contribution in [1.29, 1.82) is 0 Å². The Balaban J connectivity index is 1.76. The molecule has 0 radical (unpaired) electrons. The summed E-state index contributed by atoms with van der Waals surface area (Å²) < 4.78 is 19.0. The SMILES string of the molecule is O=C(CCOC1CCNCC1)c1ccccc1F. The summed E-state index contributed by atoms with van der Waals surface area (Å²) in [6.45, 7) is 2.30.